The molecule has 3 aromatic carbocycles. The minimum absolute atomic E-state index is 0.482. The van der Waals surface area contributed by atoms with Gasteiger partial charge in [-0.1, -0.05) is 0 Å². The van der Waals surface area contributed by atoms with Crippen LogP contribution in [0.4, 0.5) is 11.4 Å². The molecular formula is C18H16N2O4S. The molecule has 0 aliphatic carbocycles. The third kappa shape index (κ3) is 4.89. The summed E-state index contributed by atoms with van der Waals surface area (Å²) >= 11 is 0. The quantitative estimate of drug-likeness (QED) is 0.462. The molecule has 25 heavy (non-hydrogen) atoms. The van der Waals surface area contributed by atoms with Crippen LogP contribution >= 0.6 is 0 Å². The van der Waals surface area contributed by atoms with Crippen LogP contribution in [0.3, 0.4) is 0 Å². The van der Waals surface area contributed by atoms with Gasteiger partial charge in [0.05, 0.1) is 0 Å². The molecule has 0 amide bonds. The molecule has 128 valence electrons. The molecule has 0 aliphatic heterocycles. The van der Waals surface area contributed by atoms with E-state index in [0.29, 0.717) is 34.4 Å². The summed E-state index contributed by atoms with van der Waals surface area (Å²) in [5.74, 6) is 2.61. The van der Waals surface area contributed by atoms with Crippen molar-refractivity contribution < 1.29 is 17.9 Å². The molecule has 0 heterocycles. The van der Waals surface area contributed by atoms with E-state index in [2.05, 4.69) is 4.72 Å². The highest BCUT2D eigenvalue weighted by Gasteiger charge is 2.01. The van der Waals surface area contributed by atoms with Crippen LogP contribution in [0.15, 0.2) is 72.8 Å². The predicted octanol–water partition coefficient (Wildman–Crippen LogP) is 3.79. The predicted molar refractivity (Wildman–Crippen MR) is 97.8 cm³/mol. The average Bonchev–Trinajstić information content (AvgIpc) is 2.60. The van der Waals surface area contributed by atoms with Crippen LogP contribution in [0.1, 0.15) is 0 Å². The van der Waals surface area contributed by atoms with E-state index in [1.165, 1.54) is 0 Å². The number of benzene rings is 3. The van der Waals surface area contributed by atoms with Crippen LogP contribution in [0.2, 0.25) is 0 Å². The first-order valence-corrected chi connectivity index (χ1v) is 8.59. The number of hydrogen-bond donors (Lipinski definition) is 3. The molecule has 0 unspecified atom stereocenters. The molecule has 7 heteroatoms. The molecule has 3 N–H and O–H groups in total. The van der Waals surface area contributed by atoms with Crippen LogP contribution < -0.4 is 19.9 Å². The number of anilines is 2. The normalized spacial score (nSPS) is 10.4. The van der Waals surface area contributed by atoms with Crippen molar-refractivity contribution in [3.8, 4) is 23.0 Å². The number of thiol groups is 1. The van der Waals surface area contributed by atoms with Gasteiger partial charge in [0.25, 0.3) is 0 Å². The van der Waals surface area contributed by atoms with Gasteiger partial charge in [-0.25, -0.2) is 8.42 Å². The summed E-state index contributed by atoms with van der Waals surface area (Å²) < 4.78 is 34.9. The number of ether oxygens (including phenoxy) is 2. The van der Waals surface area contributed by atoms with E-state index in [4.69, 9.17) is 15.2 Å². The molecular weight excluding hydrogens is 340 g/mol. The maximum Gasteiger partial charge on any atom is 0.222 e. The summed E-state index contributed by atoms with van der Waals surface area (Å²) in [6, 6.07) is 20.9. The van der Waals surface area contributed by atoms with Crippen LogP contribution in [-0.4, -0.2) is 8.42 Å². The second kappa shape index (κ2) is 7.59. The molecule has 0 fully saturated rings. The van der Waals surface area contributed by atoms with Crippen LogP contribution in [-0.2, 0) is 10.9 Å². The van der Waals surface area contributed by atoms with Crippen molar-refractivity contribution in [1.29, 1.82) is 0 Å². The third-order valence-corrected chi connectivity index (χ3v) is 3.69. The second-order valence-electron chi connectivity index (χ2n) is 5.14. The molecule has 0 aromatic heterocycles. The van der Waals surface area contributed by atoms with E-state index >= 15 is 0 Å². The zero-order valence-electron chi connectivity index (χ0n) is 13.1. The Morgan fingerprint density at radius 2 is 1.00 bits per heavy atom. The molecule has 0 saturated heterocycles. The molecule has 0 aliphatic rings. The van der Waals surface area contributed by atoms with Crippen molar-refractivity contribution in [2.24, 2.45) is 0 Å². The van der Waals surface area contributed by atoms with E-state index < -0.39 is 10.9 Å². The van der Waals surface area contributed by atoms with Crippen LogP contribution in [0.5, 0.6) is 23.0 Å². The zero-order chi connectivity index (χ0) is 17.6. The van der Waals surface area contributed by atoms with Gasteiger partial charge in [-0.2, -0.15) is 0 Å². The number of nitrogens with two attached hydrogens (primary N) is 1. The number of nitrogen functional groups attached to an aromatic ring is 1. The van der Waals surface area contributed by atoms with Crippen molar-refractivity contribution >= 4 is 22.3 Å². The van der Waals surface area contributed by atoms with Gasteiger partial charge in [-0.05, 0) is 72.8 Å². The smallest absolute Gasteiger partial charge is 0.222 e. The van der Waals surface area contributed by atoms with Crippen LogP contribution in [0, 0.1) is 0 Å². The van der Waals surface area contributed by atoms with Gasteiger partial charge >= 0.3 is 0 Å². The maximum absolute atomic E-state index is 10.6. The summed E-state index contributed by atoms with van der Waals surface area (Å²) in [6.45, 7) is 0. The number of nitrogens with one attached hydrogen (secondary N) is 1. The minimum atomic E-state index is -2.67. The van der Waals surface area contributed by atoms with Crippen molar-refractivity contribution in [2.75, 3.05) is 10.5 Å². The summed E-state index contributed by atoms with van der Waals surface area (Å²) in [6.07, 6.45) is 0. The first kappa shape index (κ1) is 16.7. The topological polar surface area (TPSA) is 90.7 Å². The lowest BCUT2D eigenvalue weighted by molar-refractivity contribution is 0.469. The minimum Gasteiger partial charge on any atom is -0.457 e. The maximum atomic E-state index is 10.6. The van der Waals surface area contributed by atoms with Crippen molar-refractivity contribution in [2.45, 2.75) is 0 Å². The van der Waals surface area contributed by atoms with Gasteiger partial charge in [0.1, 0.15) is 23.0 Å². The summed E-state index contributed by atoms with van der Waals surface area (Å²) in [5, 5.41) is 0. The Morgan fingerprint density at radius 3 is 1.40 bits per heavy atom. The fraction of sp³-hybridized carbons (Fsp3) is 0. The highest BCUT2D eigenvalue weighted by molar-refractivity contribution is 7.73. The Labute approximate surface area is 146 Å². The highest BCUT2D eigenvalue weighted by atomic mass is 32.2. The van der Waals surface area contributed by atoms with Gasteiger partial charge in [-0.15, -0.1) is 0 Å². The van der Waals surface area contributed by atoms with Gasteiger partial charge in [0.2, 0.25) is 10.9 Å². The first-order valence-electron chi connectivity index (χ1n) is 7.41. The monoisotopic (exact) mass is 356 g/mol. The first-order chi connectivity index (χ1) is 12.1. The van der Waals surface area contributed by atoms with Gasteiger partial charge in [0, 0.05) is 11.4 Å². The molecule has 3 aromatic rings. The highest BCUT2D eigenvalue weighted by Crippen LogP contribution is 2.27. The molecule has 6 nitrogen and oxygen atoms in total. The van der Waals surface area contributed by atoms with E-state index in [9.17, 15) is 8.42 Å². The van der Waals surface area contributed by atoms with E-state index in [1.54, 1.807) is 72.8 Å². The van der Waals surface area contributed by atoms with E-state index in [-0.39, 0.29) is 0 Å². The molecule has 0 spiro atoms. The Morgan fingerprint density at radius 1 is 0.640 bits per heavy atom. The van der Waals surface area contributed by atoms with Crippen molar-refractivity contribution in [3.05, 3.63) is 72.8 Å². The largest absolute Gasteiger partial charge is 0.457 e. The molecule has 0 atom stereocenters. The second-order valence-corrected chi connectivity index (χ2v) is 5.88. The van der Waals surface area contributed by atoms with E-state index in [1.807, 2.05) is 0 Å². The van der Waals surface area contributed by atoms with Crippen molar-refractivity contribution in [3.63, 3.8) is 0 Å². The summed E-state index contributed by atoms with van der Waals surface area (Å²) in [4.78, 5) is 0. The van der Waals surface area contributed by atoms with Gasteiger partial charge in [-0.3, -0.25) is 4.72 Å². The van der Waals surface area contributed by atoms with Gasteiger partial charge < -0.3 is 15.2 Å². The van der Waals surface area contributed by atoms with Crippen molar-refractivity contribution in [1.82, 2.24) is 0 Å². The SMILES string of the molecule is Nc1ccc(Oc2ccc(Oc3ccc(N[SH](=O)=O)cc3)cc2)cc1. The number of rotatable bonds is 6. The Bertz CT molecular complexity index is 897. The summed E-state index contributed by atoms with van der Waals surface area (Å²) in [5.41, 5.74) is 6.80. The van der Waals surface area contributed by atoms with Gasteiger partial charge in [0.15, 0.2) is 0 Å². The standard InChI is InChI=1S/C18H16N2O4S/c19-13-1-5-15(6-2-13)23-17-9-11-18(12-10-17)24-16-7-3-14(4-8-16)20-25(21)22/h1-12,25H,19H2,(H,20,21,22). The zero-order valence-corrected chi connectivity index (χ0v) is 14.0. The molecule has 3 rings (SSSR count). The lowest BCUT2D eigenvalue weighted by atomic mass is 10.3. The molecule has 0 bridgehead atoms. The summed E-state index contributed by atoms with van der Waals surface area (Å²) in [7, 11) is -2.67. The fourth-order valence-electron chi connectivity index (χ4n) is 2.09. The Hall–Kier alpha value is -3.19. The van der Waals surface area contributed by atoms with E-state index in [0.717, 1.165) is 0 Å². The number of hydrogen-bond acceptors (Lipinski definition) is 5. The lowest BCUT2D eigenvalue weighted by Crippen LogP contribution is -1.94. The average molecular weight is 356 g/mol. The molecule has 0 radical (unpaired) electrons. The molecule has 0 saturated carbocycles. The fourth-order valence-corrected chi connectivity index (χ4v) is 2.45. The Kier molecular flexibility index (Phi) is 5.06. The lowest BCUT2D eigenvalue weighted by Gasteiger charge is -2.09. The van der Waals surface area contributed by atoms with Crippen LogP contribution in [0.25, 0.3) is 0 Å². The third-order valence-electron chi connectivity index (χ3n) is 3.25. The Balaban J connectivity index is 1.63.